The number of carbonyl (C=O) groups is 1. The Bertz CT molecular complexity index is 272. The largest absolute Gasteiger partial charge is 0.444 e. The van der Waals surface area contributed by atoms with Gasteiger partial charge in [0.25, 0.3) is 0 Å². The van der Waals surface area contributed by atoms with Crippen molar-refractivity contribution in [2.45, 2.75) is 64.6 Å². The molecule has 112 valence electrons. The van der Waals surface area contributed by atoms with Crippen LogP contribution in [0.5, 0.6) is 0 Å². The van der Waals surface area contributed by atoms with Gasteiger partial charge >= 0.3 is 6.09 Å². The summed E-state index contributed by atoms with van der Waals surface area (Å²) in [6.45, 7) is 10.5. The molecule has 0 radical (unpaired) electrons. The van der Waals surface area contributed by atoms with Crippen molar-refractivity contribution >= 4 is 6.09 Å². The van der Waals surface area contributed by atoms with Crippen molar-refractivity contribution in [1.82, 2.24) is 16.0 Å². The Morgan fingerprint density at radius 3 is 2.58 bits per heavy atom. The van der Waals surface area contributed by atoms with Crippen molar-refractivity contribution in [1.29, 1.82) is 0 Å². The molecule has 1 fully saturated rings. The standard InChI is InChI=1S/C14H29N3O2/c1-5-6-7-11(17-12-8-15-9-12)10-16-13(18)19-14(2,3)4/h11-12,15,17H,5-10H2,1-4H3,(H,16,18). The minimum Gasteiger partial charge on any atom is -0.444 e. The number of rotatable bonds is 7. The van der Waals surface area contributed by atoms with Crippen LogP contribution in [0.2, 0.25) is 0 Å². The first-order chi connectivity index (χ1) is 8.90. The summed E-state index contributed by atoms with van der Waals surface area (Å²) in [6.07, 6.45) is 3.10. The van der Waals surface area contributed by atoms with E-state index < -0.39 is 5.60 Å². The SMILES string of the molecule is CCCCC(CNC(=O)OC(C)(C)C)NC1CNC1. The van der Waals surface area contributed by atoms with Crippen LogP contribution >= 0.6 is 0 Å². The summed E-state index contributed by atoms with van der Waals surface area (Å²) in [4.78, 5) is 11.6. The third-order valence-electron chi connectivity index (χ3n) is 3.05. The lowest BCUT2D eigenvalue weighted by Crippen LogP contribution is -2.59. The van der Waals surface area contributed by atoms with Gasteiger partial charge in [-0.2, -0.15) is 0 Å². The van der Waals surface area contributed by atoms with Crippen molar-refractivity contribution in [2.75, 3.05) is 19.6 Å². The lowest BCUT2D eigenvalue weighted by molar-refractivity contribution is 0.0520. The number of carbonyl (C=O) groups excluding carboxylic acids is 1. The number of amides is 1. The predicted molar refractivity (Wildman–Crippen MR) is 77.3 cm³/mol. The van der Waals surface area contributed by atoms with Crippen LogP contribution in [0.4, 0.5) is 4.79 Å². The highest BCUT2D eigenvalue weighted by molar-refractivity contribution is 5.67. The van der Waals surface area contributed by atoms with Gasteiger partial charge in [0, 0.05) is 31.7 Å². The van der Waals surface area contributed by atoms with Crippen LogP contribution < -0.4 is 16.0 Å². The second-order valence-corrected chi connectivity index (χ2v) is 6.24. The molecule has 1 atom stereocenters. The van der Waals surface area contributed by atoms with Crippen LogP contribution in [0.25, 0.3) is 0 Å². The summed E-state index contributed by atoms with van der Waals surface area (Å²) in [5.41, 5.74) is -0.436. The molecule has 0 aromatic heterocycles. The molecule has 0 aromatic rings. The summed E-state index contributed by atoms with van der Waals surface area (Å²) in [5.74, 6) is 0. The molecule has 0 bridgehead atoms. The summed E-state index contributed by atoms with van der Waals surface area (Å²) >= 11 is 0. The van der Waals surface area contributed by atoms with E-state index >= 15 is 0 Å². The van der Waals surface area contributed by atoms with Gasteiger partial charge in [-0.05, 0) is 27.2 Å². The summed E-state index contributed by atoms with van der Waals surface area (Å²) < 4.78 is 5.25. The predicted octanol–water partition coefficient (Wildman–Crippen LogP) is 1.63. The van der Waals surface area contributed by atoms with Gasteiger partial charge in [0.05, 0.1) is 0 Å². The van der Waals surface area contributed by atoms with Gasteiger partial charge in [0.1, 0.15) is 5.60 Å². The molecule has 5 nitrogen and oxygen atoms in total. The average molecular weight is 271 g/mol. The van der Waals surface area contributed by atoms with Gasteiger partial charge in [-0.25, -0.2) is 4.79 Å². The molecular formula is C14H29N3O2. The third kappa shape index (κ3) is 7.38. The number of alkyl carbamates (subject to hydrolysis) is 1. The van der Waals surface area contributed by atoms with Crippen LogP contribution in [0.1, 0.15) is 47.0 Å². The molecular weight excluding hydrogens is 242 g/mol. The fraction of sp³-hybridized carbons (Fsp3) is 0.929. The van der Waals surface area contributed by atoms with Crippen molar-refractivity contribution in [2.24, 2.45) is 0 Å². The molecule has 0 aromatic carbocycles. The molecule has 1 amide bonds. The Morgan fingerprint density at radius 1 is 1.42 bits per heavy atom. The molecule has 3 N–H and O–H groups in total. The quantitative estimate of drug-likeness (QED) is 0.658. The molecule has 1 heterocycles. The zero-order valence-electron chi connectivity index (χ0n) is 12.7. The first-order valence-corrected chi connectivity index (χ1v) is 7.34. The number of unbranched alkanes of at least 4 members (excludes halogenated alkanes) is 1. The van der Waals surface area contributed by atoms with E-state index in [0.717, 1.165) is 19.5 Å². The Morgan fingerprint density at radius 2 is 2.11 bits per heavy atom. The van der Waals surface area contributed by atoms with Crippen molar-refractivity contribution in [3.05, 3.63) is 0 Å². The van der Waals surface area contributed by atoms with Gasteiger partial charge < -0.3 is 20.7 Å². The van der Waals surface area contributed by atoms with Crippen LogP contribution in [0.15, 0.2) is 0 Å². The van der Waals surface area contributed by atoms with E-state index in [4.69, 9.17) is 4.74 Å². The van der Waals surface area contributed by atoms with Crippen LogP contribution in [0.3, 0.4) is 0 Å². The Hall–Kier alpha value is -0.810. The lowest BCUT2D eigenvalue weighted by Gasteiger charge is -2.33. The summed E-state index contributed by atoms with van der Waals surface area (Å²) in [5, 5.41) is 9.68. The van der Waals surface area contributed by atoms with Crippen molar-refractivity contribution in [3.8, 4) is 0 Å². The van der Waals surface area contributed by atoms with E-state index in [1.165, 1.54) is 12.8 Å². The minimum atomic E-state index is -0.436. The van der Waals surface area contributed by atoms with Gasteiger partial charge in [0.2, 0.25) is 0 Å². The maximum atomic E-state index is 11.6. The van der Waals surface area contributed by atoms with Crippen LogP contribution in [0, 0.1) is 0 Å². The monoisotopic (exact) mass is 271 g/mol. The van der Waals surface area contributed by atoms with E-state index in [2.05, 4.69) is 22.9 Å². The first kappa shape index (κ1) is 16.2. The Labute approximate surface area is 116 Å². The first-order valence-electron chi connectivity index (χ1n) is 7.34. The molecule has 19 heavy (non-hydrogen) atoms. The molecule has 1 aliphatic rings. The van der Waals surface area contributed by atoms with Crippen LogP contribution in [-0.4, -0.2) is 43.4 Å². The fourth-order valence-electron chi connectivity index (χ4n) is 1.96. The second-order valence-electron chi connectivity index (χ2n) is 6.24. The van der Waals surface area contributed by atoms with E-state index in [-0.39, 0.29) is 6.09 Å². The van der Waals surface area contributed by atoms with E-state index in [0.29, 0.717) is 18.6 Å². The van der Waals surface area contributed by atoms with Gasteiger partial charge in [0.15, 0.2) is 0 Å². The highest BCUT2D eigenvalue weighted by Gasteiger charge is 2.22. The van der Waals surface area contributed by atoms with Crippen molar-refractivity contribution < 1.29 is 9.53 Å². The van der Waals surface area contributed by atoms with Crippen molar-refractivity contribution in [3.63, 3.8) is 0 Å². The normalized spacial score (nSPS) is 17.7. The zero-order valence-corrected chi connectivity index (χ0v) is 12.7. The molecule has 5 heteroatoms. The molecule has 0 aliphatic carbocycles. The summed E-state index contributed by atoms with van der Waals surface area (Å²) in [7, 11) is 0. The zero-order chi connectivity index (χ0) is 14.3. The average Bonchev–Trinajstić information content (AvgIpc) is 2.23. The van der Waals surface area contributed by atoms with E-state index in [9.17, 15) is 4.79 Å². The van der Waals surface area contributed by atoms with Crippen LogP contribution in [-0.2, 0) is 4.74 Å². The fourth-order valence-corrected chi connectivity index (χ4v) is 1.96. The lowest BCUT2D eigenvalue weighted by atomic mass is 10.1. The van der Waals surface area contributed by atoms with Gasteiger partial charge in [-0.1, -0.05) is 19.8 Å². The number of hydrogen-bond donors (Lipinski definition) is 3. The molecule has 1 rings (SSSR count). The maximum Gasteiger partial charge on any atom is 0.407 e. The minimum absolute atomic E-state index is 0.331. The summed E-state index contributed by atoms with van der Waals surface area (Å²) in [6, 6.07) is 0.877. The third-order valence-corrected chi connectivity index (χ3v) is 3.05. The van der Waals surface area contributed by atoms with E-state index in [1.807, 2.05) is 20.8 Å². The van der Waals surface area contributed by atoms with E-state index in [1.54, 1.807) is 0 Å². The molecule has 0 spiro atoms. The molecule has 0 saturated carbocycles. The Kier molecular flexibility index (Phi) is 6.58. The topological polar surface area (TPSA) is 62.4 Å². The number of nitrogens with one attached hydrogen (secondary N) is 3. The highest BCUT2D eigenvalue weighted by atomic mass is 16.6. The number of hydrogen-bond acceptors (Lipinski definition) is 4. The molecule has 1 unspecified atom stereocenters. The smallest absolute Gasteiger partial charge is 0.407 e. The van der Waals surface area contributed by atoms with Gasteiger partial charge in [-0.3, -0.25) is 0 Å². The number of ether oxygens (including phenoxy) is 1. The molecule has 1 saturated heterocycles. The second kappa shape index (κ2) is 7.70. The Balaban J connectivity index is 2.27. The maximum absolute atomic E-state index is 11.6. The van der Waals surface area contributed by atoms with Gasteiger partial charge in [-0.15, -0.1) is 0 Å². The molecule has 1 aliphatic heterocycles. The highest BCUT2D eigenvalue weighted by Crippen LogP contribution is 2.07.